The Bertz CT molecular complexity index is 812. The number of amides is 1. The van der Waals surface area contributed by atoms with Gasteiger partial charge in [-0.05, 0) is 43.9 Å². The zero-order chi connectivity index (χ0) is 14.9. The molecule has 2 N–H and O–H groups in total. The maximum absolute atomic E-state index is 12.2. The molecule has 1 aliphatic rings. The average Bonchev–Trinajstić information content (AvgIpc) is 3.17. The van der Waals surface area contributed by atoms with Crippen LogP contribution in [-0.4, -0.2) is 20.9 Å². The molecule has 3 heterocycles. The van der Waals surface area contributed by atoms with E-state index in [1.165, 1.54) is 23.4 Å². The van der Waals surface area contributed by atoms with Gasteiger partial charge in [-0.15, -0.1) is 11.3 Å². The second-order valence-corrected chi connectivity index (χ2v) is 6.65. The van der Waals surface area contributed by atoms with Crippen LogP contribution in [0.1, 0.15) is 38.9 Å². The normalized spacial score (nSPS) is 14.0. The maximum Gasteiger partial charge on any atom is 0.270 e. The van der Waals surface area contributed by atoms with Gasteiger partial charge in [-0.25, -0.2) is 9.97 Å². The Kier molecular flexibility index (Phi) is 3.38. The average molecular weight is 312 g/mol. The standard InChI is InChI=1S/C16H16N4OS/c21-16(12-6-5-10-7-8-17-15(10)20-12)18-9-14-19-11-3-1-2-4-13(11)22-14/h5-8H,1-4,9H2,(H,17,20)(H,18,21). The van der Waals surface area contributed by atoms with E-state index in [0.29, 0.717) is 12.2 Å². The van der Waals surface area contributed by atoms with Gasteiger partial charge in [-0.2, -0.15) is 0 Å². The van der Waals surface area contributed by atoms with E-state index in [9.17, 15) is 4.79 Å². The summed E-state index contributed by atoms with van der Waals surface area (Å²) in [5.41, 5.74) is 2.39. The molecule has 0 atom stereocenters. The molecule has 0 fully saturated rings. The lowest BCUT2D eigenvalue weighted by molar-refractivity contribution is 0.0946. The van der Waals surface area contributed by atoms with Crippen molar-refractivity contribution in [3.63, 3.8) is 0 Å². The van der Waals surface area contributed by atoms with E-state index in [2.05, 4.69) is 20.3 Å². The van der Waals surface area contributed by atoms with Crippen LogP contribution in [0.25, 0.3) is 11.0 Å². The molecule has 0 saturated carbocycles. The Hall–Kier alpha value is -2.21. The lowest BCUT2D eigenvalue weighted by atomic mass is 10.0. The van der Waals surface area contributed by atoms with Gasteiger partial charge in [0, 0.05) is 16.5 Å². The van der Waals surface area contributed by atoms with Gasteiger partial charge in [0.1, 0.15) is 16.3 Å². The number of pyridine rings is 1. The molecule has 4 rings (SSSR count). The second-order valence-electron chi connectivity index (χ2n) is 5.48. The van der Waals surface area contributed by atoms with Crippen LogP contribution in [0.4, 0.5) is 0 Å². The molecule has 0 unspecified atom stereocenters. The molecule has 1 amide bonds. The summed E-state index contributed by atoms with van der Waals surface area (Å²) in [7, 11) is 0. The highest BCUT2D eigenvalue weighted by atomic mass is 32.1. The molecule has 0 aliphatic heterocycles. The number of carbonyl (C=O) groups excluding carboxylic acids is 1. The largest absolute Gasteiger partial charge is 0.346 e. The fraction of sp³-hybridized carbons (Fsp3) is 0.312. The van der Waals surface area contributed by atoms with Gasteiger partial charge in [0.2, 0.25) is 0 Å². The minimum Gasteiger partial charge on any atom is -0.346 e. The van der Waals surface area contributed by atoms with Crippen LogP contribution in [0.5, 0.6) is 0 Å². The Morgan fingerprint density at radius 3 is 3.05 bits per heavy atom. The van der Waals surface area contributed by atoms with E-state index in [4.69, 9.17) is 0 Å². The van der Waals surface area contributed by atoms with Crippen molar-refractivity contribution >= 4 is 28.3 Å². The van der Waals surface area contributed by atoms with Crippen LogP contribution in [0.3, 0.4) is 0 Å². The number of aromatic amines is 1. The molecule has 0 saturated heterocycles. The number of carbonyl (C=O) groups is 1. The number of nitrogens with one attached hydrogen (secondary N) is 2. The summed E-state index contributed by atoms with van der Waals surface area (Å²) >= 11 is 1.72. The van der Waals surface area contributed by atoms with E-state index >= 15 is 0 Å². The van der Waals surface area contributed by atoms with Gasteiger partial charge in [-0.3, -0.25) is 4.79 Å². The lowest BCUT2D eigenvalue weighted by Gasteiger charge is -2.06. The van der Waals surface area contributed by atoms with Crippen LogP contribution in [0.2, 0.25) is 0 Å². The lowest BCUT2D eigenvalue weighted by Crippen LogP contribution is -2.23. The summed E-state index contributed by atoms with van der Waals surface area (Å²) in [5, 5.41) is 4.90. The van der Waals surface area contributed by atoms with E-state index in [0.717, 1.165) is 28.9 Å². The first-order valence-electron chi connectivity index (χ1n) is 7.49. The smallest absolute Gasteiger partial charge is 0.270 e. The number of nitrogens with zero attached hydrogens (tertiary/aromatic N) is 2. The number of thiazole rings is 1. The molecule has 0 spiro atoms. The van der Waals surface area contributed by atoms with Gasteiger partial charge < -0.3 is 10.3 Å². The highest BCUT2D eigenvalue weighted by molar-refractivity contribution is 7.11. The number of hydrogen-bond acceptors (Lipinski definition) is 4. The first-order chi connectivity index (χ1) is 10.8. The zero-order valence-electron chi connectivity index (χ0n) is 12.1. The number of aromatic nitrogens is 3. The SMILES string of the molecule is O=C(NCc1nc2c(s1)CCCC2)c1ccc2cc[nH]c2n1. The molecule has 0 aromatic carbocycles. The third-order valence-electron chi connectivity index (χ3n) is 3.93. The Labute approximate surface area is 131 Å². The van der Waals surface area contributed by atoms with Crippen LogP contribution in [0, 0.1) is 0 Å². The summed E-state index contributed by atoms with van der Waals surface area (Å²) in [5.74, 6) is -0.162. The minimum atomic E-state index is -0.162. The van der Waals surface area contributed by atoms with E-state index in [-0.39, 0.29) is 5.91 Å². The molecule has 0 bridgehead atoms. The van der Waals surface area contributed by atoms with Gasteiger partial charge in [0.05, 0.1) is 12.2 Å². The molecule has 5 nitrogen and oxygen atoms in total. The molecule has 1 aliphatic carbocycles. The number of H-pyrrole nitrogens is 1. The zero-order valence-corrected chi connectivity index (χ0v) is 12.9. The van der Waals surface area contributed by atoms with Crippen molar-refractivity contribution in [1.29, 1.82) is 0 Å². The van der Waals surface area contributed by atoms with Gasteiger partial charge in [0.25, 0.3) is 5.91 Å². The van der Waals surface area contributed by atoms with Crippen molar-refractivity contribution < 1.29 is 4.79 Å². The third kappa shape index (κ3) is 2.50. The maximum atomic E-state index is 12.2. The minimum absolute atomic E-state index is 0.162. The van der Waals surface area contributed by atoms with Crippen LogP contribution in [0.15, 0.2) is 24.4 Å². The second kappa shape index (κ2) is 5.53. The molecular weight excluding hydrogens is 296 g/mol. The van der Waals surface area contributed by atoms with Crippen molar-refractivity contribution in [2.75, 3.05) is 0 Å². The van der Waals surface area contributed by atoms with Gasteiger partial charge >= 0.3 is 0 Å². The predicted octanol–water partition coefficient (Wildman–Crippen LogP) is 2.83. The number of aryl methyl sites for hydroxylation is 2. The third-order valence-corrected chi connectivity index (χ3v) is 5.09. The molecular formula is C16H16N4OS. The summed E-state index contributed by atoms with van der Waals surface area (Å²) in [6, 6.07) is 5.58. The number of fused-ring (bicyclic) bond motifs is 2. The Morgan fingerprint density at radius 1 is 1.23 bits per heavy atom. The first kappa shape index (κ1) is 13.5. The van der Waals surface area contributed by atoms with Crippen molar-refractivity contribution in [2.45, 2.75) is 32.2 Å². The molecule has 3 aromatic heterocycles. The number of rotatable bonds is 3. The quantitative estimate of drug-likeness (QED) is 0.781. The molecule has 6 heteroatoms. The topological polar surface area (TPSA) is 70.7 Å². The van der Waals surface area contributed by atoms with Gasteiger partial charge in [0.15, 0.2) is 0 Å². The summed E-state index contributed by atoms with van der Waals surface area (Å²) < 4.78 is 0. The van der Waals surface area contributed by atoms with E-state index < -0.39 is 0 Å². The van der Waals surface area contributed by atoms with E-state index in [1.807, 2.05) is 18.3 Å². The van der Waals surface area contributed by atoms with Crippen molar-refractivity contribution in [3.8, 4) is 0 Å². The summed E-state index contributed by atoms with van der Waals surface area (Å²) in [6.45, 7) is 0.473. The first-order valence-corrected chi connectivity index (χ1v) is 8.31. The molecule has 0 radical (unpaired) electrons. The number of hydrogen-bond donors (Lipinski definition) is 2. The Balaban J connectivity index is 1.46. The highest BCUT2D eigenvalue weighted by Gasteiger charge is 2.16. The fourth-order valence-corrected chi connectivity index (χ4v) is 3.88. The summed E-state index contributed by atoms with van der Waals surface area (Å²) in [4.78, 5) is 25.6. The van der Waals surface area contributed by atoms with Crippen LogP contribution < -0.4 is 5.32 Å². The molecule has 112 valence electrons. The molecule has 3 aromatic rings. The Morgan fingerprint density at radius 2 is 2.14 bits per heavy atom. The van der Waals surface area contributed by atoms with Crippen LogP contribution >= 0.6 is 11.3 Å². The monoisotopic (exact) mass is 312 g/mol. The van der Waals surface area contributed by atoms with Crippen LogP contribution in [-0.2, 0) is 19.4 Å². The predicted molar refractivity (Wildman–Crippen MR) is 86.0 cm³/mol. The van der Waals surface area contributed by atoms with Crippen molar-refractivity contribution in [3.05, 3.63) is 45.7 Å². The fourth-order valence-electron chi connectivity index (χ4n) is 2.78. The van der Waals surface area contributed by atoms with E-state index in [1.54, 1.807) is 17.4 Å². The van der Waals surface area contributed by atoms with Crippen molar-refractivity contribution in [1.82, 2.24) is 20.3 Å². The van der Waals surface area contributed by atoms with Crippen molar-refractivity contribution in [2.24, 2.45) is 0 Å². The highest BCUT2D eigenvalue weighted by Crippen LogP contribution is 2.26. The molecule has 22 heavy (non-hydrogen) atoms. The van der Waals surface area contributed by atoms with Gasteiger partial charge in [-0.1, -0.05) is 0 Å². The summed E-state index contributed by atoms with van der Waals surface area (Å²) in [6.07, 6.45) is 6.50.